The fourth-order valence-electron chi connectivity index (χ4n) is 1.88. The molecule has 0 unspecified atom stereocenters. The molecule has 110 valence electrons. The monoisotopic (exact) mass is 285 g/mol. The zero-order valence-electron chi connectivity index (χ0n) is 12.4. The van der Waals surface area contributed by atoms with Crippen LogP contribution in [0, 0.1) is 0 Å². The second kappa shape index (κ2) is 6.26. The van der Waals surface area contributed by atoms with Crippen molar-refractivity contribution in [3.05, 3.63) is 47.7 Å². The van der Waals surface area contributed by atoms with Gasteiger partial charge in [0, 0.05) is 5.69 Å². The van der Waals surface area contributed by atoms with Crippen LogP contribution in [0.15, 0.2) is 36.4 Å². The molecule has 1 aromatic carbocycles. The van der Waals surface area contributed by atoms with Gasteiger partial charge < -0.3 is 15.8 Å². The minimum Gasteiger partial charge on any atom is -0.464 e. The highest BCUT2D eigenvalue weighted by atomic mass is 16.5. The lowest BCUT2D eigenvalue weighted by Gasteiger charge is -2.11. The van der Waals surface area contributed by atoms with E-state index in [0.29, 0.717) is 17.4 Å². The first-order valence-corrected chi connectivity index (χ1v) is 6.73. The van der Waals surface area contributed by atoms with E-state index in [1.54, 1.807) is 6.07 Å². The largest absolute Gasteiger partial charge is 0.464 e. The van der Waals surface area contributed by atoms with Crippen LogP contribution < -0.4 is 11.1 Å². The summed E-state index contributed by atoms with van der Waals surface area (Å²) in [6.07, 6.45) is 0. The summed E-state index contributed by atoms with van der Waals surface area (Å²) in [5.74, 6) is 0.424. The maximum absolute atomic E-state index is 11.5. The number of benzene rings is 1. The first kappa shape index (κ1) is 14.8. The molecule has 0 aliphatic heterocycles. The van der Waals surface area contributed by atoms with Crippen molar-refractivity contribution < 1.29 is 9.53 Å². The second-order valence-electron chi connectivity index (χ2n) is 5.03. The number of nitrogens with two attached hydrogens (primary N) is 1. The Morgan fingerprint density at radius 2 is 1.86 bits per heavy atom. The summed E-state index contributed by atoms with van der Waals surface area (Å²) in [4.78, 5) is 15.7. The summed E-state index contributed by atoms with van der Waals surface area (Å²) < 4.78 is 4.65. The molecule has 0 aliphatic rings. The summed E-state index contributed by atoms with van der Waals surface area (Å²) in [6, 6.07) is 11.2. The standard InChI is InChI=1S/C16H19N3O2/c1-10(2)11-4-6-12(7-5-11)18-15-13(17)8-9-14(19-15)16(20)21-3/h4-10H,17H2,1-3H3,(H,18,19). The number of nitrogens with one attached hydrogen (secondary N) is 1. The smallest absolute Gasteiger partial charge is 0.356 e. The topological polar surface area (TPSA) is 77.2 Å². The third-order valence-electron chi connectivity index (χ3n) is 3.16. The van der Waals surface area contributed by atoms with Crippen molar-refractivity contribution in [3.8, 4) is 0 Å². The van der Waals surface area contributed by atoms with Crippen molar-refractivity contribution in [2.45, 2.75) is 19.8 Å². The van der Waals surface area contributed by atoms with Crippen LogP contribution in [0.5, 0.6) is 0 Å². The summed E-state index contributed by atoms with van der Waals surface area (Å²) in [7, 11) is 1.32. The van der Waals surface area contributed by atoms with Gasteiger partial charge in [-0.05, 0) is 35.7 Å². The predicted molar refractivity (Wildman–Crippen MR) is 83.8 cm³/mol. The van der Waals surface area contributed by atoms with Crippen LogP contribution in [-0.2, 0) is 4.74 Å². The molecule has 0 fully saturated rings. The Kier molecular flexibility index (Phi) is 4.42. The number of hydrogen-bond acceptors (Lipinski definition) is 5. The molecule has 0 amide bonds. The van der Waals surface area contributed by atoms with Gasteiger partial charge >= 0.3 is 5.97 Å². The van der Waals surface area contributed by atoms with E-state index in [0.717, 1.165) is 5.69 Å². The predicted octanol–water partition coefficient (Wildman–Crippen LogP) is 3.32. The van der Waals surface area contributed by atoms with Gasteiger partial charge in [0.25, 0.3) is 0 Å². The maximum atomic E-state index is 11.5. The molecular formula is C16H19N3O2. The van der Waals surface area contributed by atoms with Crippen LogP contribution in [0.4, 0.5) is 17.2 Å². The highest BCUT2D eigenvalue weighted by Crippen LogP contribution is 2.23. The Bertz CT molecular complexity index is 636. The van der Waals surface area contributed by atoms with E-state index >= 15 is 0 Å². The molecule has 0 bridgehead atoms. The van der Waals surface area contributed by atoms with E-state index in [1.165, 1.54) is 18.7 Å². The number of anilines is 3. The number of nitrogens with zero attached hydrogens (tertiary/aromatic N) is 1. The Hall–Kier alpha value is -2.56. The van der Waals surface area contributed by atoms with Crippen molar-refractivity contribution in [1.82, 2.24) is 4.98 Å². The number of hydrogen-bond donors (Lipinski definition) is 2. The van der Waals surface area contributed by atoms with Gasteiger partial charge in [-0.25, -0.2) is 9.78 Å². The van der Waals surface area contributed by atoms with E-state index in [-0.39, 0.29) is 5.69 Å². The molecule has 21 heavy (non-hydrogen) atoms. The number of rotatable bonds is 4. The zero-order valence-corrected chi connectivity index (χ0v) is 12.4. The van der Waals surface area contributed by atoms with Crippen LogP contribution in [0.3, 0.4) is 0 Å². The summed E-state index contributed by atoms with van der Waals surface area (Å²) >= 11 is 0. The Morgan fingerprint density at radius 3 is 2.43 bits per heavy atom. The van der Waals surface area contributed by atoms with Gasteiger partial charge in [0.1, 0.15) is 0 Å². The van der Waals surface area contributed by atoms with E-state index < -0.39 is 5.97 Å². The van der Waals surface area contributed by atoms with E-state index in [9.17, 15) is 4.79 Å². The highest BCUT2D eigenvalue weighted by Gasteiger charge is 2.10. The lowest BCUT2D eigenvalue weighted by atomic mass is 10.0. The summed E-state index contributed by atoms with van der Waals surface area (Å²) in [5, 5.41) is 3.11. The molecule has 0 atom stereocenters. The zero-order chi connectivity index (χ0) is 15.4. The first-order valence-electron chi connectivity index (χ1n) is 6.73. The van der Waals surface area contributed by atoms with Crippen molar-refractivity contribution in [3.63, 3.8) is 0 Å². The van der Waals surface area contributed by atoms with Gasteiger partial charge in [-0.3, -0.25) is 0 Å². The second-order valence-corrected chi connectivity index (χ2v) is 5.03. The van der Waals surface area contributed by atoms with Gasteiger partial charge in [0.05, 0.1) is 12.8 Å². The molecule has 5 nitrogen and oxygen atoms in total. The van der Waals surface area contributed by atoms with Crippen LogP contribution in [0.1, 0.15) is 35.8 Å². The van der Waals surface area contributed by atoms with Gasteiger partial charge in [0.15, 0.2) is 11.5 Å². The average Bonchev–Trinajstić information content (AvgIpc) is 2.49. The number of carbonyl (C=O) groups is 1. The van der Waals surface area contributed by atoms with E-state index in [4.69, 9.17) is 5.73 Å². The molecule has 0 radical (unpaired) electrons. The van der Waals surface area contributed by atoms with Crippen LogP contribution in [0.25, 0.3) is 0 Å². The summed E-state index contributed by atoms with van der Waals surface area (Å²) in [6.45, 7) is 4.28. The van der Waals surface area contributed by atoms with E-state index in [2.05, 4.69) is 28.9 Å². The lowest BCUT2D eigenvalue weighted by Crippen LogP contribution is -2.07. The van der Waals surface area contributed by atoms with Crippen molar-refractivity contribution >= 4 is 23.2 Å². The van der Waals surface area contributed by atoms with Crippen molar-refractivity contribution in [1.29, 1.82) is 0 Å². The molecule has 0 spiro atoms. The van der Waals surface area contributed by atoms with Gasteiger partial charge in [-0.2, -0.15) is 0 Å². The first-order chi connectivity index (χ1) is 10.0. The fourth-order valence-corrected chi connectivity index (χ4v) is 1.88. The number of nitrogen functional groups attached to an aromatic ring is 1. The molecule has 1 aromatic heterocycles. The molecule has 3 N–H and O–H groups in total. The lowest BCUT2D eigenvalue weighted by molar-refractivity contribution is 0.0594. The van der Waals surface area contributed by atoms with Gasteiger partial charge in [-0.1, -0.05) is 26.0 Å². The third-order valence-corrected chi connectivity index (χ3v) is 3.16. The average molecular weight is 285 g/mol. The molecular weight excluding hydrogens is 266 g/mol. The van der Waals surface area contributed by atoms with Crippen molar-refractivity contribution in [2.75, 3.05) is 18.2 Å². The number of aromatic nitrogens is 1. The Morgan fingerprint density at radius 1 is 1.19 bits per heavy atom. The number of esters is 1. The van der Waals surface area contributed by atoms with Gasteiger partial charge in [0.2, 0.25) is 0 Å². The number of methoxy groups -OCH3 is 1. The molecule has 2 rings (SSSR count). The van der Waals surface area contributed by atoms with Crippen LogP contribution in [0.2, 0.25) is 0 Å². The minimum absolute atomic E-state index is 0.216. The number of pyridine rings is 1. The van der Waals surface area contributed by atoms with E-state index in [1.807, 2.05) is 24.3 Å². The maximum Gasteiger partial charge on any atom is 0.356 e. The molecule has 0 saturated carbocycles. The highest BCUT2D eigenvalue weighted by molar-refractivity contribution is 5.88. The van der Waals surface area contributed by atoms with Crippen LogP contribution >= 0.6 is 0 Å². The van der Waals surface area contributed by atoms with Crippen LogP contribution in [-0.4, -0.2) is 18.1 Å². The quantitative estimate of drug-likeness (QED) is 0.843. The number of ether oxygens (including phenoxy) is 1. The Balaban J connectivity index is 2.24. The molecule has 2 aromatic rings. The molecule has 1 heterocycles. The van der Waals surface area contributed by atoms with Gasteiger partial charge in [-0.15, -0.1) is 0 Å². The summed E-state index contributed by atoms with van der Waals surface area (Å²) in [5.41, 5.74) is 8.68. The minimum atomic E-state index is -0.492. The van der Waals surface area contributed by atoms with Crippen molar-refractivity contribution in [2.24, 2.45) is 0 Å². The molecule has 0 saturated heterocycles. The normalized spacial score (nSPS) is 10.5. The molecule has 0 aliphatic carbocycles. The fraction of sp³-hybridized carbons (Fsp3) is 0.250. The third kappa shape index (κ3) is 3.51. The number of carbonyl (C=O) groups excluding carboxylic acids is 1. The molecule has 5 heteroatoms. The Labute approximate surface area is 124 Å². The SMILES string of the molecule is COC(=O)c1ccc(N)c(Nc2ccc(C(C)C)cc2)n1.